The zero-order chi connectivity index (χ0) is 10.9. The molecule has 0 amide bonds. The van der Waals surface area contributed by atoms with E-state index in [1.54, 1.807) is 13.0 Å². The summed E-state index contributed by atoms with van der Waals surface area (Å²) in [6.45, 7) is 1.65. The lowest BCUT2D eigenvalue weighted by molar-refractivity contribution is 0.466. The molecule has 0 radical (unpaired) electrons. The molecule has 1 aromatic carbocycles. The van der Waals surface area contributed by atoms with E-state index in [9.17, 15) is 13.5 Å². The smallest absolute Gasteiger partial charge is 0.236 e. The second-order valence-electron chi connectivity index (χ2n) is 2.87. The summed E-state index contributed by atoms with van der Waals surface area (Å²) in [4.78, 5) is 0. The van der Waals surface area contributed by atoms with E-state index < -0.39 is 14.8 Å². The Balaban J connectivity index is 3.27. The van der Waals surface area contributed by atoms with Crippen LogP contribution in [0, 0.1) is 6.92 Å². The summed E-state index contributed by atoms with van der Waals surface area (Å²) < 4.78 is 21.6. The Morgan fingerprint density at radius 2 is 2.00 bits per heavy atom. The van der Waals surface area contributed by atoms with Crippen LogP contribution in [0.5, 0.6) is 5.75 Å². The first-order chi connectivity index (χ1) is 6.31. The van der Waals surface area contributed by atoms with E-state index in [2.05, 4.69) is 0 Å². The summed E-state index contributed by atoms with van der Waals surface area (Å²) in [5, 5.41) is 9.73. The molecule has 3 nitrogen and oxygen atoms in total. The van der Waals surface area contributed by atoms with Crippen molar-refractivity contribution in [2.24, 2.45) is 0 Å². The Morgan fingerprint density at radius 1 is 1.43 bits per heavy atom. The molecule has 1 aromatic rings. The highest BCUT2D eigenvalue weighted by Gasteiger charge is 2.15. The first-order valence-corrected chi connectivity index (χ1v) is 6.56. The largest absolute Gasteiger partial charge is 0.507 e. The molecule has 1 rings (SSSR count). The Bertz CT molecular complexity index is 454. The van der Waals surface area contributed by atoms with Crippen molar-refractivity contribution in [2.45, 2.75) is 12.7 Å². The van der Waals surface area contributed by atoms with Crippen molar-refractivity contribution in [3.05, 3.63) is 28.3 Å². The highest BCUT2D eigenvalue weighted by molar-refractivity contribution is 8.13. The van der Waals surface area contributed by atoms with E-state index in [1.807, 2.05) is 0 Å². The van der Waals surface area contributed by atoms with Crippen molar-refractivity contribution in [3.63, 3.8) is 0 Å². The van der Waals surface area contributed by atoms with Gasteiger partial charge in [0.15, 0.2) is 0 Å². The molecule has 0 aliphatic heterocycles. The number of aryl methyl sites for hydroxylation is 1. The summed E-state index contributed by atoms with van der Waals surface area (Å²) in [5.41, 5.74) is 0.700. The average molecular weight is 255 g/mol. The van der Waals surface area contributed by atoms with Crippen LogP contribution in [0.2, 0.25) is 5.02 Å². The minimum Gasteiger partial charge on any atom is -0.507 e. The van der Waals surface area contributed by atoms with E-state index in [4.69, 9.17) is 22.3 Å². The third-order valence-electron chi connectivity index (χ3n) is 1.74. The lowest BCUT2D eigenvalue weighted by atomic mass is 10.1. The molecule has 0 aliphatic carbocycles. The van der Waals surface area contributed by atoms with Gasteiger partial charge >= 0.3 is 0 Å². The molecule has 78 valence electrons. The molecule has 0 unspecified atom stereocenters. The number of hydrogen-bond acceptors (Lipinski definition) is 3. The number of aromatic hydroxyl groups is 1. The number of rotatable bonds is 2. The summed E-state index contributed by atoms with van der Waals surface area (Å²) in [6, 6.07) is 3.12. The van der Waals surface area contributed by atoms with Gasteiger partial charge in [-0.3, -0.25) is 0 Å². The van der Waals surface area contributed by atoms with Crippen molar-refractivity contribution in [1.29, 1.82) is 0 Å². The van der Waals surface area contributed by atoms with Crippen LogP contribution in [0.3, 0.4) is 0 Å². The van der Waals surface area contributed by atoms with Crippen molar-refractivity contribution >= 4 is 31.3 Å². The van der Waals surface area contributed by atoms with Gasteiger partial charge in [0.05, 0.1) is 5.75 Å². The molecule has 0 fully saturated rings. The van der Waals surface area contributed by atoms with E-state index in [0.29, 0.717) is 5.56 Å². The molecule has 0 atom stereocenters. The second kappa shape index (κ2) is 3.96. The first kappa shape index (κ1) is 11.6. The quantitative estimate of drug-likeness (QED) is 0.825. The Morgan fingerprint density at radius 3 is 2.50 bits per heavy atom. The molecule has 6 heteroatoms. The van der Waals surface area contributed by atoms with Gasteiger partial charge in [-0.1, -0.05) is 17.7 Å². The van der Waals surface area contributed by atoms with Gasteiger partial charge in [0, 0.05) is 21.3 Å². The molecule has 0 spiro atoms. The molecule has 0 saturated carbocycles. The number of phenols is 1. The predicted molar refractivity (Wildman–Crippen MR) is 56.3 cm³/mol. The van der Waals surface area contributed by atoms with Gasteiger partial charge in [0.25, 0.3) is 0 Å². The maximum absolute atomic E-state index is 10.8. The fourth-order valence-electron chi connectivity index (χ4n) is 1.04. The number of hydrogen-bond donors (Lipinski definition) is 1. The van der Waals surface area contributed by atoms with Crippen LogP contribution in [-0.2, 0) is 14.8 Å². The topological polar surface area (TPSA) is 54.4 Å². The van der Waals surface area contributed by atoms with Crippen LogP contribution in [0.25, 0.3) is 0 Å². The van der Waals surface area contributed by atoms with Crippen LogP contribution in [0.15, 0.2) is 12.1 Å². The normalized spacial score (nSPS) is 11.6. The molecule has 0 aromatic heterocycles. The van der Waals surface area contributed by atoms with E-state index in [0.717, 1.165) is 0 Å². The van der Waals surface area contributed by atoms with Gasteiger partial charge < -0.3 is 5.11 Å². The summed E-state index contributed by atoms with van der Waals surface area (Å²) in [7, 11) is 1.36. The minimum atomic E-state index is -3.71. The summed E-state index contributed by atoms with van der Waals surface area (Å²) >= 11 is 5.72. The van der Waals surface area contributed by atoms with Crippen molar-refractivity contribution < 1.29 is 13.5 Å². The third kappa shape index (κ3) is 2.77. The molecule has 0 bridgehead atoms. The first-order valence-electron chi connectivity index (χ1n) is 3.70. The monoisotopic (exact) mass is 254 g/mol. The van der Waals surface area contributed by atoms with Gasteiger partial charge in [-0.05, 0) is 18.6 Å². The van der Waals surface area contributed by atoms with Crippen molar-refractivity contribution in [2.75, 3.05) is 0 Å². The Labute approximate surface area is 91.7 Å². The maximum Gasteiger partial charge on any atom is 0.236 e. The van der Waals surface area contributed by atoms with Gasteiger partial charge in [0.2, 0.25) is 9.05 Å². The standard InChI is InChI=1S/C8H8Cl2O3S/c1-5-2-3-7(9)6(8(5)11)4-14(10,12)13/h2-3,11H,4H2,1H3. The summed E-state index contributed by atoms with van der Waals surface area (Å²) in [5.74, 6) is -0.595. The van der Waals surface area contributed by atoms with Crippen LogP contribution in [0.1, 0.15) is 11.1 Å². The third-order valence-corrected chi connectivity index (χ3v) is 3.06. The van der Waals surface area contributed by atoms with Crippen LogP contribution < -0.4 is 0 Å². The lowest BCUT2D eigenvalue weighted by Crippen LogP contribution is -1.97. The molecule has 14 heavy (non-hydrogen) atoms. The van der Waals surface area contributed by atoms with E-state index in [-0.39, 0.29) is 16.3 Å². The van der Waals surface area contributed by atoms with Gasteiger partial charge in [0.1, 0.15) is 5.75 Å². The molecule has 0 saturated heterocycles. The minimum absolute atomic E-state index is 0.123. The SMILES string of the molecule is Cc1ccc(Cl)c(CS(=O)(=O)Cl)c1O. The number of benzene rings is 1. The van der Waals surface area contributed by atoms with E-state index in [1.165, 1.54) is 6.07 Å². The van der Waals surface area contributed by atoms with Gasteiger partial charge in [-0.15, -0.1) is 0 Å². The van der Waals surface area contributed by atoms with Crippen LogP contribution >= 0.6 is 22.3 Å². The zero-order valence-corrected chi connectivity index (χ0v) is 9.62. The number of halogens is 2. The molecule has 1 N–H and O–H groups in total. The Kier molecular flexibility index (Phi) is 3.29. The zero-order valence-electron chi connectivity index (χ0n) is 7.29. The predicted octanol–water partition coefficient (Wildman–Crippen LogP) is 2.42. The fourth-order valence-corrected chi connectivity index (χ4v) is 2.30. The molecular weight excluding hydrogens is 247 g/mol. The number of phenolic OH excluding ortho intramolecular Hbond substituents is 1. The highest BCUT2D eigenvalue weighted by Crippen LogP contribution is 2.31. The van der Waals surface area contributed by atoms with Gasteiger partial charge in [-0.25, -0.2) is 8.42 Å². The van der Waals surface area contributed by atoms with E-state index >= 15 is 0 Å². The average Bonchev–Trinajstić information content (AvgIpc) is 2.04. The second-order valence-corrected chi connectivity index (χ2v) is 6.06. The van der Waals surface area contributed by atoms with Crippen LogP contribution in [-0.4, -0.2) is 13.5 Å². The fraction of sp³-hybridized carbons (Fsp3) is 0.250. The highest BCUT2D eigenvalue weighted by atomic mass is 35.7. The molecular formula is C8H8Cl2O3S. The van der Waals surface area contributed by atoms with Crippen LogP contribution in [0.4, 0.5) is 0 Å². The summed E-state index contributed by atoms with van der Waals surface area (Å²) in [6.07, 6.45) is 0. The van der Waals surface area contributed by atoms with Crippen molar-refractivity contribution in [3.8, 4) is 5.75 Å². The molecule has 0 heterocycles. The lowest BCUT2D eigenvalue weighted by Gasteiger charge is -2.07. The Hall–Kier alpha value is -0.450. The maximum atomic E-state index is 10.8. The molecule has 0 aliphatic rings. The van der Waals surface area contributed by atoms with Gasteiger partial charge in [-0.2, -0.15) is 0 Å². The van der Waals surface area contributed by atoms with Crippen molar-refractivity contribution in [1.82, 2.24) is 0 Å².